The van der Waals surface area contributed by atoms with Crippen molar-refractivity contribution >= 4 is 0 Å². The molecule has 1 unspecified atom stereocenters. The first kappa shape index (κ1) is 9.69. The second kappa shape index (κ2) is 5.28. The number of hydrogen-bond acceptors (Lipinski definition) is 3. The van der Waals surface area contributed by atoms with Gasteiger partial charge in [0.15, 0.2) is 0 Å². The Morgan fingerprint density at radius 1 is 1.46 bits per heavy atom. The van der Waals surface area contributed by atoms with Gasteiger partial charge < -0.3 is 5.11 Å². The molecule has 3 heteroatoms. The fourth-order valence-corrected chi connectivity index (χ4v) is 1.05. The average molecular weight is 176 g/mol. The predicted molar refractivity (Wildman–Crippen MR) is 49.7 cm³/mol. The van der Waals surface area contributed by atoms with Crippen LogP contribution in [0.5, 0.6) is 0 Å². The summed E-state index contributed by atoms with van der Waals surface area (Å²) in [5, 5.41) is 9.60. The van der Waals surface area contributed by atoms with Crippen molar-refractivity contribution in [2.45, 2.75) is 25.4 Å². The molecule has 1 aromatic heterocycles. The normalized spacial score (nSPS) is 12.0. The number of aliphatic hydroxyl groups excluding tert-OH is 1. The molecule has 1 atom stereocenters. The van der Waals surface area contributed by atoms with Crippen LogP contribution in [0.25, 0.3) is 0 Å². The molecule has 0 aliphatic carbocycles. The quantitative estimate of drug-likeness (QED) is 0.555. The van der Waals surface area contributed by atoms with Crippen LogP contribution in [0.1, 0.15) is 30.9 Å². The Balaban J connectivity index is 2.41. The summed E-state index contributed by atoms with van der Waals surface area (Å²) in [6, 6.07) is 0. The number of aromatic nitrogens is 2. The van der Waals surface area contributed by atoms with Gasteiger partial charge in [-0.3, -0.25) is 0 Å². The number of nitrogens with zero attached hydrogens (tertiary/aromatic N) is 2. The van der Waals surface area contributed by atoms with Crippen molar-refractivity contribution in [2.75, 3.05) is 0 Å². The highest BCUT2D eigenvalue weighted by molar-refractivity contribution is 5.06. The van der Waals surface area contributed by atoms with E-state index in [4.69, 9.17) is 6.42 Å². The zero-order chi connectivity index (χ0) is 9.52. The number of unbranched alkanes of at least 4 members (excludes halogenated alkanes) is 1. The van der Waals surface area contributed by atoms with Crippen molar-refractivity contribution in [1.82, 2.24) is 9.97 Å². The molecular formula is C10H12N2O. The van der Waals surface area contributed by atoms with Gasteiger partial charge in [0.05, 0.1) is 6.10 Å². The van der Waals surface area contributed by atoms with Crippen LogP contribution in [0.3, 0.4) is 0 Å². The van der Waals surface area contributed by atoms with Crippen LogP contribution in [-0.4, -0.2) is 15.1 Å². The van der Waals surface area contributed by atoms with Gasteiger partial charge in [0.2, 0.25) is 0 Å². The summed E-state index contributed by atoms with van der Waals surface area (Å²) in [4.78, 5) is 7.65. The van der Waals surface area contributed by atoms with Gasteiger partial charge >= 0.3 is 0 Å². The molecule has 0 saturated heterocycles. The van der Waals surface area contributed by atoms with Crippen LogP contribution in [0.15, 0.2) is 18.7 Å². The van der Waals surface area contributed by atoms with Gasteiger partial charge in [-0.05, 0) is 12.8 Å². The first-order valence-corrected chi connectivity index (χ1v) is 4.21. The second-order valence-corrected chi connectivity index (χ2v) is 2.78. The molecule has 1 heterocycles. The Morgan fingerprint density at radius 2 is 2.15 bits per heavy atom. The van der Waals surface area contributed by atoms with Crippen LogP contribution in [0, 0.1) is 12.3 Å². The lowest BCUT2D eigenvalue weighted by molar-refractivity contribution is 0.164. The number of hydrogen-bond donors (Lipinski definition) is 1. The van der Waals surface area contributed by atoms with E-state index in [0.29, 0.717) is 12.8 Å². The summed E-state index contributed by atoms with van der Waals surface area (Å²) in [5.74, 6) is 2.53. The van der Waals surface area contributed by atoms with Gasteiger partial charge in [-0.25, -0.2) is 9.97 Å². The Bertz CT molecular complexity index is 279. The lowest BCUT2D eigenvalue weighted by atomic mass is 10.1. The number of aliphatic hydroxyl groups is 1. The van der Waals surface area contributed by atoms with Crippen molar-refractivity contribution < 1.29 is 5.11 Å². The molecule has 0 aromatic carbocycles. The third kappa shape index (κ3) is 3.22. The second-order valence-electron chi connectivity index (χ2n) is 2.78. The lowest BCUT2D eigenvalue weighted by Gasteiger charge is -2.07. The molecule has 0 saturated carbocycles. The van der Waals surface area contributed by atoms with Gasteiger partial charge in [-0.15, -0.1) is 12.3 Å². The topological polar surface area (TPSA) is 46.0 Å². The highest BCUT2D eigenvalue weighted by atomic mass is 16.3. The number of rotatable bonds is 4. The molecular weight excluding hydrogens is 164 g/mol. The molecule has 1 N–H and O–H groups in total. The molecule has 0 aliphatic rings. The summed E-state index contributed by atoms with van der Waals surface area (Å²) < 4.78 is 0. The number of terminal acetylenes is 1. The Morgan fingerprint density at radius 3 is 2.77 bits per heavy atom. The molecule has 0 fully saturated rings. The summed E-state index contributed by atoms with van der Waals surface area (Å²) in [6.45, 7) is 0. The molecule has 1 aromatic rings. The van der Waals surface area contributed by atoms with Crippen molar-refractivity contribution in [1.29, 1.82) is 0 Å². The largest absolute Gasteiger partial charge is 0.388 e. The molecule has 0 aliphatic heterocycles. The standard InChI is InChI=1S/C10H12N2O/c1-2-3-4-5-10(13)9-6-11-8-12-7-9/h1,6-8,10,13H,3-5H2. The van der Waals surface area contributed by atoms with Gasteiger partial charge in [0.1, 0.15) is 6.33 Å². The zero-order valence-corrected chi connectivity index (χ0v) is 7.35. The van der Waals surface area contributed by atoms with E-state index in [2.05, 4.69) is 15.9 Å². The van der Waals surface area contributed by atoms with Gasteiger partial charge in [-0.1, -0.05) is 0 Å². The average Bonchev–Trinajstić information content (AvgIpc) is 2.19. The van der Waals surface area contributed by atoms with Crippen molar-refractivity contribution in [3.8, 4) is 12.3 Å². The maximum Gasteiger partial charge on any atom is 0.115 e. The van der Waals surface area contributed by atoms with Crippen LogP contribution in [0.4, 0.5) is 0 Å². The van der Waals surface area contributed by atoms with E-state index < -0.39 is 6.10 Å². The highest BCUT2D eigenvalue weighted by Gasteiger charge is 2.06. The third-order valence-electron chi connectivity index (χ3n) is 1.76. The molecule has 1 rings (SSSR count). The fourth-order valence-electron chi connectivity index (χ4n) is 1.05. The molecule has 0 bridgehead atoms. The smallest absolute Gasteiger partial charge is 0.115 e. The molecule has 0 spiro atoms. The van der Waals surface area contributed by atoms with Crippen molar-refractivity contribution in [2.24, 2.45) is 0 Å². The van der Waals surface area contributed by atoms with E-state index in [0.717, 1.165) is 12.0 Å². The molecule has 68 valence electrons. The van der Waals surface area contributed by atoms with E-state index in [1.54, 1.807) is 12.4 Å². The minimum Gasteiger partial charge on any atom is -0.388 e. The maximum atomic E-state index is 9.60. The third-order valence-corrected chi connectivity index (χ3v) is 1.76. The molecule has 13 heavy (non-hydrogen) atoms. The summed E-state index contributed by atoms with van der Waals surface area (Å²) in [6.07, 6.45) is 11.5. The van der Waals surface area contributed by atoms with Crippen LogP contribution in [-0.2, 0) is 0 Å². The summed E-state index contributed by atoms with van der Waals surface area (Å²) in [5.41, 5.74) is 0.750. The van der Waals surface area contributed by atoms with E-state index in [-0.39, 0.29) is 0 Å². The maximum absolute atomic E-state index is 9.60. The lowest BCUT2D eigenvalue weighted by Crippen LogP contribution is -1.98. The van der Waals surface area contributed by atoms with E-state index in [1.807, 2.05) is 0 Å². The Kier molecular flexibility index (Phi) is 3.94. The summed E-state index contributed by atoms with van der Waals surface area (Å²) in [7, 11) is 0. The van der Waals surface area contributed by atoms with Crippen LogP contribution < -0.4 is 0 Å². The zero-order valence-electron chi connectivity index (χ0n) is 7.35. The minimum atomic E-state index is -0.491. The summed E-state index contributed by atoms with van der Waals surface area (Å²) >= 11 is 0. The molecule has 0 amide bonds. The first-order valence-electron chi connectivity index (χ1n) is 4.21. The predicted octanol–water partition coefficient (Wildman–Crippen LogP) is 1.31. The molecule has 0 radical (unpaired) electrons. The van der Waals surface area contributed by atoms with E-state index in [9.17, 15) is 5.11 Å². The Labute approximate surface area is 77.9 Å². The first-order chi connectivity index (χ1) is 6.34. The highest BCUT2D eigenvalue weighted by Crippen LogP contribution is 2.16. The fraction of sp³-hybridized carbons (Fsp3) is 0.400. The van der Waals surface area contributed by atoms with Gasteiger partial charge in [0, 0.05) is 24.4 Å². The van der Waals surface area contributed by atoms with Crippen molar-refractivity contribution in [3.05, 3.63) is 24.3 Å². The SMILES string of the molecule is C#CCCCC(O)c1cncnc1. The van der Waals surface area contributed by atoms with Crippen LogP contribution >= 0.6 is 0 Å². The van der Waals surface area contributed by atoms with Gasteiger partial charge in [-0.2, -0.15) is 0 Å². The minimum absolute atomic E-state index is 0.491. The Hall–Kier alpha value is -1.40. The van der Waals surface area contributed by atoms with E-state index >= 15 is 0 Å². The van der Waals surface area contributed by atoms with Crippen molar-refractivity contribution in [3.63, 3.8) is 0 Å². The molecule has 3 nitrogen and oxygen atoms in total. The monoisotopic (exact) mass is 176 g/mol. The van der Waals surface area contributed by atoms with E-state index in [1.165, 1.54) is 6.33 Å². The van der Waals surface area contributed by atoms with Gasteiger partial charge in [0.25, 0.3) is 0 Å². The van der Waals surface area contributed by atoms with Crippen LogP contribution in [0.2, 0.25) is 0 Å².